The van der Waals surface area contributed by atoms with Crippen LogP contribution in [0.4, 0.5) is 0 Å². The van der Waals surface area contributed by atoms with E-state index in [1.165, 1.54) is 0 Å². The van der Waals surface area contributed by atoms with Crippen LogP contribution in [-0.4, -0.2) is 57.7 Å². The van der Waals surface area contributed by atoms with E-state index in [1.807, 2.05) is 127 Å². The Hall–Kier alpha value is -4.70. The van der Waals surface area contributed by atoms with Crippen molar-refractivity contribution in [1.29, 1.82) is 0 Å². The molecule has 8 nitrogen and oxygen atoms in total. The molecule has 0 saturated carbocycles. The Morgan fingerprint density at radius 1 is 0.565 bits per heavy atom. The molecule has 5 aromatic carbocycles. The smallest absolute Gasteiger partial charge is 0.229 e. The van der Waals surface area contributed by atoms with Crippen LogP contribution in [0.25, 0.3) is 22.3 Å². The van der Waals surface area contributed by atoms with Crippen molar-refractivity contribution in [2.45, 2.75) is 43.9 Å². The Kier molecular flexibility index (Phi) is 9.93. The van der Waals surface area contributed by atoms with Crippen LogP contribution in [0.3, 0.4) is 0 Å². The van der Waals surface area contributed by atoms with Crippen molar-refractivity contribution in [1.82, 2.24) is 0 Å². The van der Waals surface area contributed by atoms with Crippen molar-refractivity contribution < 1.29 is 39.4 Å². The van der Waals surface area contributed by atoms with E-state index in [0.29, 0.717) is 29.2 Å². The Morgan fingerprint density at radius 3 is 1.65 bits per heavy atom. The van der Waals surface area contributed by atoms with Gasteiger partial charge in [0, 0.05) is 5.56 Å². The van der Waals surface area contributed by atoms with E-state index in [-0.39, 0.29) is 12.4 Å². The van der Waals surface area contributed by atoms with Gasteiger partial charge in [0.1, 0.15) is 43.4 Å². The lowest BCUT2D eigenvalue weighted by Gasteiger charge is -2.40. The fourth-order valence-electron chi connectivity index (χ4n) is 5.44. The molecule has 1 fully saturated rings. The third kappa shape index (κ3) is 6.92. The van der Waals surface area contributed by atoms with Gasteiger partial charge in [-0.15, -0.1) is 0 Å². The van der Waals surface area contributed by atoms with Gasteiger partial charge in [-0.3, -0.25) is 0 Å². The monoisotopic (exact) mass is 620 g/mol. The number of benzene rings is 5. The number of aliphatic hydroxyl groups is 4. The Bertz CT molecular complexity index is 1680. The maximum absolute atomic E-state index is 11.0. The third-order valence-corrected chi connectivity index (χ3v) is 7.89. The van der Waals surface area contributed by atoms with E-state index in [9.17, 15) is 20.4 Å². The zero-order valence-electron chi connectivity index (χ0n) is 25.1. The average molecular weight is 621 g/mol. The molecule has 4 N–H and O–H groups in total. The van der Waals surface area contributed by atoms with Crippen LogP contribution in [0.2, 0.25) is 0 Å². The average Bonchev–Trinajstić information content (AvgIpc) is 3.11. The summed E-state index contributed by atoms with van der Waals surface area (Å²) in [5.74, 6) is 1.10. The van der Waals surface area contributed by atoms with Crippen LogP contribution in [0, 0.1) is 0 Å². The van der Waals surface area contributed by atoms with E-state index in [1.54, 1.807) is 0 Å². The lowest BCUT2D eigenvalue weighted by molar-refractivity contribution is -0.277. The van der Waals surface area contributed by atoms with E-state index in [4.69, 9.17) is 18.9 Å². The first-order chi connectivity index (χ1) is 22.5. The molecule has 0 radical (unpaired) electrons. The first-order valence-corrected chi connectivity index (χ1v) is 15.2. The fourth-order valence-corrected chi connectivity index (χ4v) is 5.44. The molecule has 6 rings (SSSR count). The number of hydrogen-bond donors (Lipinski definition) is 4. The highest BCUT2D eigenvalue weighted by Gasteiger charge is 2.45. The molecule has 8 heteroatoms. The minimum Gasteiger partial charge on any atom is -0.488 e. The van der Waals surface area contributed by atoms with Crippen LogP contribution in [-0.2, 0) is 18.0 Å². The minimum atomic E-state index is -1.63. The molecular weight excluding hydrogens is 584 g/mol. The van der Waals surface area contributed by atoms with Crippen molar-refractivity contribution >= 4 is 0 Å². The van der Waals surface area contributed by atoms with Gasteiger partial charge in [-0.1, -0.05) is 121 Å². The molecule has 0 amide bonds. The molecular formula is C38H36O8. The molecule has 0 bridgehead atoms. The van der Waals surface area contributed by atoms with Crippen molar-refractivity contribution in [3.63, 3.8) is 0 Å². The quantitative estimate of drug-likeness (QED) is 0.156. The molecule has 0 spiro atoms. The molecule has 46 heavy (non-hydrogen) atoms. The molecule has 5 aromatic rings. The number of hydrogen-bond acceptors (Lipinski definition) is 8. The summed E-state index contributed by atoms with van der Waals surface area (Å²) in [5, 5.41) is 41.9. The SMILES string of the molecule is OC[C@H]1O[C@@H](Oc2c(-c3ccccc3)cc(OCc3ccccc3)c(-c3ccccc3)c2OCc2ccccc2)[C@H](O)[C@@H](O)[C@@H]1O. The molecule has 1 saturated heterocycles. The van der Waals surface area contributed by atoms with Gasteiger partial charge in [-0.05, 0) is 28.3 Å². The van der Waals surface area contributed by atoms with Crippen molar-refractivity contribution in [3.05, 3.63) is 139 Å². The van der Waals surface area contributed by atoms with Gasteiger partial charge in [0.25, 0.3) is 0 Å². The first kappa shape index (κ1) is 31.3. The zero-order valence-corrected chi connectivity index (χ0v) is 25.1. The predicted octanol–water partition coefficient (Wildman–Crippen LogP) is 5.36. The van der Waals surface area contributed by atoms with Gasteiger partial charge in [-0.2, -0.15) is 0 Å². The number of ether oxygens (including phenoxy) is 4. The van der Waals surface area contributed by atoms with Crippen molar-refractivity contribution in [2.24, 2.45) is 0 Å². The van der Waals surface area contributed by atoms with Crippen LogP contribution in [0.15, 0.2) is 127 Å². The molecule has 0 aliphatic carbocycles. The molecule has 1 aliphatic heterocycles. The van der Waals surface area contributed by atoms with Gasteiger partial charge in [0.05, 0.1) is 12.2 Å². The minimum absolute atomic E-state index is 0.183. The number of rotatable bonds is 11. The van der Waals surface area contributed by atoms with E-state index in [2.05, 4.69) is 0 Å². The summed E-state index contributed by atoms with van der Waals surface area (Å²) in [6.07, 6.45) is -7.38. The lowest BCUT2D eigenvalue weighted by atomic mass is 9.96. The normalized spacial score (nSPS) is 21.0. The van der Waals surface area contributed by atoms with Gasteiger partial charge < -0.3 is 39.4 Å². The summed E-state index contributed by atoms with van der Waals surface area (Å²) in [5.41, 5.74) is 4.67. The second kappa shape index (κ2) is 14.6. The van der Waals surface area contributed by atoms with Crippen LogP contribution >= 0.6 is 0 Å². The lowest BCUT2D eigenvalue weighted by Crippen LogP contribution is -2.60. The highest BCUT2D eigenvalue weighted by molar-refractivity contribution is 5.88. The van der Waals surface area contributed by atoms with Crippen molar-refractivity contribution in [2.75, 3.05) is 6.61 Å². The van der Waals surface area contributed by atoms with Gasteiger partial charge in [0.2, 0.25) is 6.29 Å². The molecule has 236 valence electrons. The van der Waals surface area contributed by atoms with Gasteiger partial charge in [-0.25, -0.2) is 0 Å². The molecule has 1 heterocycles. The summed E-state index contributed by atoms with van der Waals surface area (Å²) in [4.78, 5) is 0. The standard InChI is InChI=1S/C38H36O8/c39-22-31-33(40)34(41)35(42)38(45-31)46-36-29(27-17-9-3-10-18-27)21-30(43-23-25-13-5-1-6-14-25)32(28-19-11-4-12-20-28)37(36)44-24-26-15-7-2-8-16-26/h1-21,31,33-35,38-42H,22-24H2/t31-,33-,34+,35-,38+/m1/s1. The van der Waals surface area contributed by atoms with Crippen LogP contribution in [0.1, 0.15) is 11.1 Å². The number of aliphatic hydroxyl groups excluding tert-OH is 4. The second-order valence-corrected chi connectivity index (χ2v) is 11.1. The summed E-state index contributed by atoms with van der Waals surface area (Å²) in [6.45, 7) is -0.114. The summed E-state index contributed by atoms with van der Waals surface area (Å²) in [7, 11) is 0. The van der Waals surface area contributed by atoms with Gasteiger partial charge in [0.15, 0.2) is 11.5 Å². The molecule has 1 aliphatic rings. The maximum Gasteiger partial charge on any atom is 0.229 e. The summed E-state index contributed by atoms with van der Waals surface area (Å²) in [6, 6.07) is 40.6. The summed E-state index contributed by atoms with van der Waals surface area (Å²) >= 11 is 0. The Labute approximate surface area is 267 Å². The maximum atomic E-state index is 11.0. The topological polar surface area (TPSA) is 118 Å². The third-order valence-electron chi connectivity index (χ3n) is 7.89. The first-order valence-electron chi connectivity index (χ1n) is 15.2. The zero-order chi connectivity index (χ0) is 31.9. The van der Waals surface area contributed by atoms with E-state index >= 15 is 0 Å². The summed E-state index contributed by atoms with van der Waals surface area (Å²) < 4.78 is 25.5. The highest BCUT2D eigenvalue weighted by Crippen LogP contribution is 2.51. The van der Waals surface area contributed by atoms with Gasteiger partial charge >= 0.3 is 0 Å². The van der Waals surface area contributed by atoms with E-state index in [0.717, 1.165) is 22.3 Å². The molecule has 0 unspecified atom stereocenters. The molecule has 5 atom stereocenters. The Balaban J connectivity index is 1.55. The predicted molar refractivity (Wildman–Crippen MR) is 173 cm³/mol. The van der Waals surface area contributed by atoms with Crippen LogP contribution < -0.4 is 14.2 Å². The fraction of sp³-hybridized carbons (Fsp3) is 0.211. The van der Waals surface area contributed by atoms with Crippen LogP contribution in [0.5, 0.6) is 17.2 Å². The van der Waals surface area contributed by atoms with E-state index < -0.39 is 37.3 Å². The molecule has 0 aromatic heterocycles. The highest BCUT2D eigenvalue weighted by atomic mass is 16.7. The Morgan fingerprint density at radius 2 is 1.09 bits per heavy atom. The second-order valence-electron chi connectivity index (χ2n) is 11.1. The largest absolute Gasteiger partial charge is 0.488 e. The van der Waals surface area contributed by atoms with Crippen molar-refractivity contribution in [3.8, 4) is 39.5 Å².